The molecular weight excluding hydrogens is 228 g/mol. The van der Waals surface area contributed by atoms with Crippen LogP contribution >= 0.6 is 0 Å². The molecule has 1 N–H and O–H groups in total. The van der Waals surface area contributed by atoms with Crippen LogP contribution in [0.3, 0.4) is 0 Å². The van der Waals surface area contributed by atoms with Crippen LogP contribution in [0.5, 0.6) is 0 Å². The molecule has 1 aromatic rings. The first kappa shape index (κ1) is 13.4. The number of rotatable bonds is 5. The van der Waals surface area contributed by atoms with Crippen molar-refractivity contribution in [3.8, 4) is 0 Å². The van der Waals surface area contributed by atoms with Gasteiger partial charge in [-0.3, -0.25) is 0 Å². The van der Waals surface area contributed by atoms with E-state index in [-0.39, 0.29) is 0 Å². The molecule has 18 heavy (non-hydrogen) atoms. The molecule has 0 aliphatic carbocycles. The van der Waals surface area contributed by atoms with Gasteiger partial charge in [-0.15, -0.1) is 0 Å². The first-order valence-corrected chi connectivity index (χ1v) is 6.71. The van der Waals surface area contributed by atoms with Gasteiger partial charge in [0.15, 0.2) is 0 Å². The summed E-state index contributed by atoms with van der Waals surface area (Å²) in [5, 5.41) is 3.46. The lowest BCUT2D eigenvalue weighted by Crippen LogP contribution is -2.50. The molecule has 1 aliphatic rings. The summed E-state index contributed by atoms with van der Waals surface area (Å²) in [5.41, 5.74) is 1.09. The topological polar surface area (TPSA) is 42.3 Å². The lowest BCUT2D eigenvalue weighted by molar-refractivity contribution is 0.190. The highest BCUT2D eigenvalue weighted by Gasteiger charge is 2.20. The number of nitrogens with zero attached hydrogens (tertiary/aromatic N) is 3. The van der Waals surface area contributed by atoms with E-state index in [1.165, 1.54) is 0 Å². The van der Waals surface area contributed by atoms with E-state index >= 15 is 0 Å². The van der Waals surface area contributed by atoms with E-state index in [9.17, 15) is 0 Å². The van der Waals surface area contributed by atoms with Gasteiger partial charge in [-0.2, -0.15) is 0 Å². The maximum Gasteiger partial charge on any atom is 0.205 e. The van der Waals surface area contributed by atoms with Crippen molar-refractivity contribution < 1.29 is 4.74 Å². The molecule has 1 aromatic heterocycles. The van der Waals surface area contributed by atoms with E-state index in [0.717, 1.165) is 50.8 Å². The number of ether oxygens (including phenoxy) is 1. The fraction of sp³-hybridized carbons (Fsp3) is 0.769. The summed E-state index contributed by atoms with van der Waals surface area (Å²) in [7, 11) is 1.75. The van der Waals surface area contributed by atoms with Crippen molar-refractivity contribution in [2.75, 3.05) is 38.3 Å². The first-order chi connectivity index (χ1) is 8.70. The molecule has 1 fully saturated rings. The summed E-state index contributed by atoms with van der Waals surface area (Å²) in [6.45, 7) is 9.15. The van der Waals surface area contributed by atoms with Crippen molar-refractivity contribution in [2.24, 2.45) is 0 Å². The predicted molar refractivity (Wildman–Crippen MR) is 73.1 cm³/mol. The summed E-state index contributed by atoms with van der Waals surface area (Å²) in [6.07, 6.45) is 3.17. The molecule has 1 saturated heterocycles. The smallest absolute Gasteiger partial charge is 0.205 e. The molecule has 0 spiro atoms. The normalized spacial score (nSPS) is 20.4. The minimum absolute atomic E-state index is 0.531. The Morgan fingerprint density at radius 2 is 2.39 bits per heavy atom. The molecule has 0 aromatic carbocycles. The molecule has 0 amide bonds. The molecule has 1 atom stereocenters. The maximum atomic E-state index is 5.12. The minimum atomic E-state index is 0.531. The summed E-state index contributed by atoms with van der Waals surface area (Å²) >= 11 is 0. The van der Waals surface area contributed by atoms with Gasteiger partial charge in [0.1, 0.15) is 0 Å². The number of piperazine rings is 1. The van der Waals surface area contributed by atoms with Crippen molar-refractivity contribution in [1.82, 2.24) is 14.9 Å². The molecule has 5 heteroatoms. The van der Waals surface area contributed by atoms with Crippen LogP contribution in [0.4, 0.5) is 5.95 Å². The van der Waals surface area contributed by atoms with Gasteiger partial charge in [-0.25, -0.2) is 4.98 Å². The maximum absolute atomic E-state index is 5.12. The van der Waals surface area contributed by atoms with E-state index in [1.807, 2.05) is 0 Å². The van der Waals surface area contributed by atoms with Gasteiger partial charge in [-0.05, 0) is 20.3 Å². The second-order valence-corrected chi connectivity index (χ2v) is 5.02. The summed E-state index contributed by atoms with van der Waals surface area (Å²) < 4.78 is 7.37. The minimum Gasteiger partial charge on any atom is -0.385 e. The Morgan fingerprint density at radius 1 is 1.56 bits per heavy atom. The van der Waals surface area contributed by atoms with Crippen molar-refractivity contribution in [3.63, 3.8) is 0 Å². The van der Waals surface area contributed by atoms with E-state index in [1.54, 1.807) is 7.11 Å². The summed E-state index contributed by atoms with van der Waals surface area (Å²) in [6, 6.07) is 0.531. The average Bonchev–Trinajstić information content (AvgIpc) is 2.71. The van der Waals surface area contributed by atoms with Crippen LogP contribution in [-0.2, 0) is 11.3 Å². The monoisotopic (exact) mass is 252 g/mol. The average molecular weight is 252 g/mol. The Hall–Kier alpha value is -1.07. The first-order valence-electron chi connectivity index (χ1n) is 6.71. The Morgan fingerprint density at radius 3 is 3.11 bits per heavy atom. The Balaban J connectivity index is 2.05. The van der Waals surface area contributed by atoms with E-state index in [0.29, 0.717) is 6.04 Å². The van der Waals surface area contributed by atoms with Gasteiger partial charge in [0.25, 0.3) is 0 Å². The lowest BCUT2D eigenvalue weighted by Gasteiger charge is -2.32. The van der Waals surface area contributed by atoms with Gasteiger partial charge < -0.3 is 19.5 Å². The third kappa shape index (κ3) is 3.23. The molecule has 0 saturated carbocycles. The Labute approximate surface area is 109 Å². The van der Waals surface area contributed by atoms with Crippen LogP contribution in [-0.4, -0.2) is 48.9 Å². The second kappa shape index (κ2) is 6.20. The number of hydrogen-bond acceptors (Lipinski definition) is 4. The van der Waals surface area contributed by atoms with E-state index in [4.69, 9.17) is 4.74 Å². The number of hydrogen-bond donors (Lipinski definition) is 1. The zero-order valence-corrected chi connectivity index (χ0v) is 11.6. The largest absolute Gasteiger partial charge is 0.385 e. The van der Waals surface area contributed by atoms with Crippen molar-refractivity contribution in [1.29, 1.82) is 0 Å². The number of aryl methyl sites for hydroxylation is 2. The zero-order chi connectivity index (χ0) is 13.0. The summed E-state index contributed by atoms with van der Waals surface area (Å²) in [4.78, 5) is 7.04. The van der Waals surface area contributed by atoms with Crippen molar-refractivity contribution in [2.45, 2.75) is 32.9 Å². The second-order valence-electron chi connectivity index (χ2n) is 5.02. The van der Waals surface area contributed by atoms with Gasteiger partial charge in [0.05, 0.1) is 5.69 Å². The Bertz CT molecular complexity index is 377. The fourth-order valence-corrected chi connectivity index (χ4v) is 2.44. The quantitative estimate of drug-likeness (QED) is 0.795. The number of aromatic nitrogens is 2. The standard InChI is InChI=1S/C13H24N4O/c1-11-9-17(7-5-14-11)13-15-12(2)10-16(13)6-4-8-18-3/h10-11,14H,4-9H2,1-3H3/t11-/m0/s1. The highest BCUT2D eigenvalue weighted by molar-refractivity contribution is 5.34. The van der Waals surface area contributed by atoms with Gasteiger partial charge in [0, 0.05) is 52.1 Å². The van der Waals surface area contributed by atoms with Crippen LogP contribution in [0.25, 0.3) is 0 Å². The molecule has 2 heterocycles. The molecule has 0 unspecified atom stereocenters. The van der Waals surface area contributed by atoms with Crippen LogP contribution in [0, 0.1) is 6.92 Å². The number of anilines is 1. The van der Waals surface area contributed by atoms with Gasteiger partial charge in [0.2, 0.25) is 5.95 Å². The molecule has 5 nitrogen and oxygen atoms in total. The van der Waals surface area contributed by atoms with Crippen LogP contribution in [0.2, 0.25) is 0 Å². The fourth-order valence-electron chi connectivity index (χ4n) is 2.44. The Kier molecular flexibility index (Phi) is 4.60. The molecular formula is C13H24N4O. The van der Waals surface area contributed by atoms with Crippen LogP contribution < -0.4 is 10.2 Å². The highest BCUT2D eigenvalue weighted by Crippen LogP contribution is 2.16. The summed E-state index contributed by atoms with van der Waals surface area (Å²) in [5.74, 6) is 1.11. The highest BCUT2D eigenvalue weighted by atomic mass is 16.5. The third-order valence-corrected chi connectivity index (χ3v) is 3.28. The predicted octanol–water partition coefficient (Wildman–Crippen LogP) is 1.03. The van der Waals surface area contributed by atoms with Crippen LogP contribution in [0.1, 0.15) is 19.0 Å². The SMILES string of the molecule is COCCCn1cc(C)nc1N1CCN[C@@H](C)C1. The molecule has 0 bridgehead atoms. The van der Waals surface area contributed by atoms with E-state index in [2.05, 4.69) is 39.8 Å². The number of methoxy groups -OCH3 is 1. The molecule has 1 aliphatic heterocycles. The number of imidazole rings is 1. The number of nitrogens with one attached hydrogen (secondary N) is 1. The molecule has 0 radical (unpaired) electrons. The molecule has 102 valence electrons. The zero-order valence-electron chi connectivity index (χ0n) is 11.6. The third-order valence-electron chi connectivity index (χ3n) is 3.28. The van der Waals surface area contributed by atoms with Crippen LogP contribution in [0.15, 0.2) is 6.20 Å². The van der Waals surface area contributed by atoms with Crippen molar-refractivity contribution >= 4 is 5.95 Å². The van der Waals surface area contributed by atoms with Gasteiger partial charge >= 0.3 is 0 Å². The van der Waals surface area contributed by atoms with Crippen molar-refractivity contribution in [3.05, 3.63) is 11.9 Å². The lowest BCUT2D eigenvalue weighted by atomic mass is 10.2. The van der Waals surface area contributed by atoms with Gasteiger partial charge in [-0.1, -0.05) is 0 Å². The van der Waals surface area contributed by atoms with E-state index < -0.39 is 0 Å². The molecule has 2 rings (SSSR count).